The van der Waals surface area contributed by atoms with Crippen molar-refractivity contribution in [3.63, 3.8) is 0 Å². The molecule has 0 aliphatic carbocycles. The molecule has 2 N–H and O–H groups in total. The Morgan fingerprint density at radius 2 is 2.05 bits per heavy atom. The maximum absolute atomic E-state index is 11.8. The molecule has 0 unspecified atom stereocenters. The average molecular weight is 290 g/mol. The SMILES string of the molecule is CC(C)CNC(=O)NCc1c2c(cc3c1OCC3)OCC2. The van der Waals surface area contributed by atoms with Gasteiger partial charge in [0.25, 0.3) is 0 Å². The quantitative estimate of drug-likeness (QED) is 0.892. The Kier molecular flexibility index (Phi) is 3.90. The molecule has 114 valence electrons. The molecule has 0 saturated carbocycles. The molecule has 0 aromatic heterocycles. The Hall–Kier alpha value is -1.91. The topological polar surface area (TPSA) is 59.6 Å². The molecule has 0 saturated heterocycles. The molecular formula is C16H22N2O3. The van der Waals surface area contributed by atoms with Gasteiger partial charge in [-0.15, -0.1) is 0 Å². The predicted molar refractivity (Wildman–Crippen MR) is 79.9 cm³/mol. The summed E-state index contributed by atoms with van der Waals surface area (Å²) in [5, 5.41) is 5.79. The number of carbonyl (C=O) groups excluding carboxylic acids is 1. The third kappa shape index (κ3) is 2.91. The molecule has 5 nitrogen and oxygen atoms in total. The lowest BCUT2D eigenvalue weighted by Gasteiger charge is -2.14. The van der Waals surface area contributed by atoms with Crippen LogP contribution in [-0.4, -0.2) is 25.8 Å². The van der Waals surface area contributed by atoms with Gasteiger partial charge < -0.3 is 20.1 Å². The molecule has 21 heavy (non-hydrogen) atoms. The summed E-state index contributed by atoms with van der Waals surface area (Å²) in [6, 6.07) is 1.96. The van der Waals surface area contributed by atoms with Crippen molar-refractivity contribution in [1.29, 1.82) is 0 Å². The fourth-order valence-corrected chi connectivity index (χ4v) is 2.80. The molecule has 1 aromatic carbocycles. The average Bonchev–Trinajstić information content (AvgIpc) is 3.09. The molecule has 2 amide bonds. The first-order valence-electron chi connectivity index (χ1n) is 7.60. The van der Waals surface area contributed by atoms with Gasteiger partial charge in [-0.1, -0.05) is 13.8 Å². The number of amides is 2. The normalized spacial score (nSPS) is 15.2. The Labute approximate surface area is 125 Å². The van der Waals surface area contributed by atoms with E-state index in [4.69, 9.17) is 9.47 Å². The van der Waals surface area contributed by atoms with Crippen molar-refractivity contribution in [3.05, 3.63) is 22.8 Å². The third-order valence-corrected chi connectivity index (χ3v) is 3.86. The summed E-state index contributed by atoms with van der Waals surface area (Å²) < 4.78 is 11.4. The summed E-state index contributed by atoms with van der Waals surface area (Å²) in [6.07, 6.45) is 1.80. The Morgan fingerprint density at radius 1 is 1.24 bits per heavy atom. The van der Waals surface area contributed by atoms with Crippen LogP contribution in [0.2, 0.25) is 0 Å². The minimum Gasteiger partial charge on any atom is -0.493 e. The molecule has 3 rings (SSSR count). The van der Waals surface area contributed by atoms with Gasteiger partial charge in [0, 0.05) is 42.6 Å². The van der Waals surface area contributed by atoms with E-state index in [9.17, 15) is 4.79 Å². The summed E-state index contributed by atoms with van der Waals surface area (Å²) in [5.74, 6) is 2.35. The lowest BCUT2D eigenvalue weighted by atomic mass is 9.99. The zero-order chi connectivity index (χ0) is 14.8. The van der Waals surface area contributed by atoms with Crippen LogP contribution in [0.15, 0.2) is 6.07 Å². The van der Waals surface area contributed by atoms with Crippen LogP contribution >= 0.6 is 0 Å². The van der Waals surface area contributed by atoms with E-state index < -0.39 is 0 Å². The van der Waals surface area contributed by atoms with Crippen molar-refractivity contribution in [2.75, 3.05) is 19.8 Å². The molecule has 1 aromatic rings. The van der Waals surface area contributed by atoms with Gasteiger partial charge in [-0.05, 0) is 12.0 Å². The van der Waals surface area contributed by atoms with Crippen LogP contribution in [0.4, 0.5) is 4.79 Å². The van der Waals surface area contributed by atoms with Gasteiger partial charge in [-0.25, -0.2) is 4.79 Å². The van der Waals surface area contributed by atoms with Gasteiger partial charge in [0.15, 0.2) is 0 Å². The van der Waals surface area contributed by atoms with Gasteiger partial charge in [-0.2, -0.15) is 0 Å². The molecule has 5 heteroatoms. The van der Waals surface area contributed by atoms with Gasteiger partial charge in [0.2, 0.25) is 0 Å². The lowest BCUT2D eigenvalue weighted by Crippen LogP contribution is -2.37. The number of benzene rings is 1. The molecular weight excluding hydrogens is 268 g/mol. The van der Waals surface area contributed by atoms with Crippen molar-refractivity contribution >= 4 is 6.03 Å². The number of fused-ring (bicyclic) bond motifs is 2. The Morgan fingerprint density at radius 3 is 2.86 bits per heavy atom. The van der Waals surface area contributed by atoms with Crippen LogP contribution in [0.25, 0.3) is 0 Å². The number of carbonyl (C=O) groups is 1. The van der Waals surface area contributed by atoms with Crippen LogP contribution in [-0.2, 0) is 19.4 Å². The monoisotopic (exact) mass is 290 g/mol. The van der Waals surface area contributed by atoms with Crippen molar-refractivity contribution in [2.45, 2.75) is 33.2 Å². The number of hydrogen-bond acceptors (Lipinski definition) is 3. The summed E-state index contributed by atoms with van der Waals surface area (Å²) in [7, 11) is 0. The summed E-state index contributed by atoms with van der Waals surface area (Å²) >= 11 is 0. The first kappa shape index (κ1) is 14.0. The molecule has 0 radical (unpaired) electrons. The second-order valence-corrected chi connectivity index (χ2v) is 5.97. The minimum absolute atomic E-state index is 0.132. The van der Waals surface area contributed by atoms with E-state index in [1.807, 2.05) is 0 Å². The van der Waals surface area contributed by atoms with Crippen LogP contribution in [0, 0.1) is 5.92 Å². The van der Waals surface area contributed by atoms with Crippen LogP contribution in [0.3, 0.4) is 0 Å². The first-order chi connectivity index (χ1) is 10.1. The zero-order valence-corrected chi connectivity index (χ0v) is 12.6. The Bertz CT molecular complexity index is 523. The van der Waals surface area contributed by atoms with Gasteiger partial charge in [-0.3, -0.25) is 0 Å². The second kappa shape index (κ2) is 5.84. The van der Waals surface area contributed by atoms with Crippen molar-refractivity contribution in [1.82, 2.24) is 10.6 Å². The molecule has 0 bridgehead atoms. The largest absolute Gasteiger partial charge is 0.493 e. The smallest absolute Gasteiger partial charge is 0.315 e. The molecule has 2 heterocycles. The number of rotatable bonds is 4. The van der Waals surface area contributed by atoms with Crippen LogP contribution < -0.4 is 20.1 Å². The Balaban J connectivity index is 1.72. The van der Waals surface area contributed by atoms with Crippen LogP contribution in [0.1, 0.15) is 30.5 Å². The summed E-state index contributed by atoms with van der Waals surface area (Å²) in [4.78, 5) is 11.8. The lowest BCUT2D eigenvalue weighted by molar-refractivity contribution is 0.239. The fourth-order valence-electron chi connectivity index (χ4n) is 2.80. The van der Waals surface area contributed by atoms with E-state index in [0.717, 1.165) is 29.9 Å². The molecule has 2 aliphatic rings. The number of hydrogen-bond donors (Lipinski definition) is 2. The van der Waals surface area contributed by atoms with Gasteiger partial charge >= 0.3 is 6.03 Å². The summed E-state index contributed by atoms with van der Waals surface area (Å²) in [5.41, 5.74) is 3.45. The highest BCUT2D eigenvalue weighted by Gasteiger charge is 2.26. The maximum atomic E-state index is 11.8. The van der Waals surface area contributed by atoms with E-state index in [1.165, 1.54) is 11.1 Å². The second-order valence-electron chi connectivity index (χ2n) is 5.97. The molecule has 0 atom stereocenters. The van der Waals surface area contributed by atoms with Gasteiger partial charge in [0.1, 0.15) is 11.5 Å². The van der Waals surface area contributed by atoms with Crippen molar-refractivity contribution < 1.29 is 14.3 Å². The van der Waals surface area contributed by atoms with Gasteiger partial charge in [0.05, 0.1) is 13.2 Å². The number of nitrogens with one attached hydrogen (secondary N) is 2. The van der Waals surface area contributed by atoms with E-state index >= 15 is 0 Å². The number of ether oxygens (including phenoxy) is 2. The van der Waals surface area contributed by atoms with E-state index in [0.29, 0.717) is 32.2 Å². The highest BCUT2D eigenvalue weighted by atomic mass is 16.5. The standard InChI is InChI=1S/C16H22N2O3/c1-10(2)8-17-16(19)18-9-13-12-4-6-20-14(12)7-11-3-5-21-15(11)13/h7,10H,3-6,8-9H2,1-2H3,(H2,17,18,19). The predicted octanol–water partition coefficient (Wildman–Crippen LogP) is 2.01. The fraction of sp³-hybridized carbons (Fsp3) is 0.562. The maximum Gasteiger partial charge on any atom is 0.315 e. The minimum atomic E-state index is -0.132. The van der Waals surface area contributed by atoms with Crippen molar-refractivity contribution in [3.8, 4) is 11.5 Å². The molecule has 0 fully saturated rings. The van der Waals surface area contributed by atoms with Crippen molar-refractivity contribution in [2.24, 2.45) is 5.92 Å². The zero-order valence-electron chi connectivity index (χ0n) is 12.6. The summed E-state index contributed by atoms with van der Waals surface area (Å²) in [6.45, 7) is 6.73. The molecule has 2 aliphatic heterocycles. The van der Waals surface area contributed by atoms with Crippen LogP contribution in [0.5, 0.6) is 11.5 Å². The number of urea groups is 1. The third-order valence-electron chi connectivity index (χ3n) is 3.86. The highest BCUT2D eigenvalue weighted by Crippen LogP contribution is 2.40. The van der Waals surface area contributed by atoms with E-state index in [2.05, 4.69) is 30.5 Å². The van der Waals surface area contributed by atoms with E-state index in [-0.39, 0.29) is 6.03 Å². The highest BCUT2D eigenvalue weighted by molar-refractivity contribution is 5.74. The molecule has 0 spiro atoms. The first-order valence-corrected chi connectivity index (χ1v) is 7.60. The van der Waals surface area contributed by atoms with E-state index in [1.54, 1.807) is 0 Å².